The first kappa shape index (κ1) is 18.2. The van der Waals surface area contributed by atoms with Crippen LogP contribution in [-0.4, -0.2) is 45.9 Å². The molecular weight excluding hydrogens is 356 g/mol. The second kappa shape index (κ2) is 7.35. The molecule has 1 aliphatic rings. The Bertz CT molecular complexity index is 899. The van der Waals surface area contributed by atoms with Gasteiger partial charge < -0.3 is 14.8 Å². The molecule has 1 fully saturated rings. The first-order valence-electron chi connectivity index (χ1n) is 8.05. The van der Waals surface area contributed by atoms with Gasteiger partial charge in [-0.15, -0.1) is 0 Å². The van der Waals surface area contributed by atoms with E-state index in [1.165, 1.54) is 30.7 Å². The van der Waals surface area contributed by atoms with Crippen molar-refractivity contribution in [1.29, 1.82) is 0 Å². The maximum Gasteiger partial charge on any atom is 0.248 e. The summed E-state index contributed by atoms with van der Waals surface area (Å²) < 4.78 is 38.3. The van der Waals surface area contributed by atoms with Gasteiger partial charge in [-0.25, -0.2) is 8.42 Å². The minimum absolute atomic E-state index is 0.0324. The normalized spacial score (nSPS) is 18.2. The summed E-state index contributed by atoms with van der Waals surface area (Å²) in [5.74, 6) is 0.235. The van der Waals surface area contributed by atoms with Crippen molar-refractivity contribution in [3.63, 3.8) is 0 Å². The van der Waals surface area contributed by atoms with Crippen molar-refractivity contribution in [3.8, 4) is 11.5 Å². The van der Waals surface area contributed by atoms with Gasteiger partial charge in [0.05, 0.1) is 14.2 Å². The van der Waals surface area contributed by atoms with E-state index in [1.807, 2.05) is 6.07 Å². The van der Waals surface area contributed by atoms with Crippen molar-refractivity contribution >= 4 is 15.9 Å². The minimum atomic E-state index is -4.00. The summed E-state index contributed by atoms with van der Waals surface area (Å²) >= 11 is 0. The molecule has 8 heteroatoms. The van der Waals surface area contributed by atoms with Crippen LogP contribution in [0.1, 0.15) is 11.6 Å². The van der Waals surface area contributed by atoms with Gasteiger partial charge in [0.25, 0.3) is 0 Å². The van der Waals surface area contributed by atoms with E-state index in [2.05, 4.69) is 5.32 Å². The molecule has 0 aromatic heterocycles. The first-order valence-corrected chi connectivity index (χ1v) is 9.49. The number of nitrogens with one attached hydrogen (secondary N) is 1. The molecule has 0 aliphatic carbocycles. The fourth-order valence-electron chi connectivity index (χ4n) is 2.97. The lowest BCUT2D eigenvalue weighted by molar-refractivity contribution is -0.126. The molecule has 7 nitrogen and oxygen atoms in total. The fourth-order valence-corrected chi connectivity index (χ4v) is 4.72. The zero-order valence-corrected chi connectivity index (χ0v) is 15.3. The highest BCUT2D eigenvalue weighted by molar-refractivity contribution is 7.89. The SMILES string of the molecule is COc1ccc(OC)c(S(=O)(=O)N2CCNC(=O)C2c2ccccc2)c1. The average Bonchev–Trinajstić information content (AvgIpc) is 2.67. The summed E-state index contributed by atoms with van der Waals surface area (Å²) in [6.45, 7) is 0.404. The van der Waals surface area contributed by atoms with Crippen molar-refractivity contribution in [2.24, 2.45) is 0 Å². The number of sulfonamides is 1. The number of piperazine rings is 1. The summed E-state index contributed by atoms with van der Waals surface area (Å²) in [6, 6.07) is 12.5. The van der Waals surface area contributed by atoms with Gasteiger partial charge in [0, 0.05) is 19.2 Å². The number of ether oxygens (including phenoxy) is 2. The standard InChI is InChI=1S/C18H20N2O5S/c1-24-14-8-9-15(25-2)16(12-14)26(22,23)20-11-10-19-18(21)17(20)13-6-4-3-5-7-13/h3-9,12,17H,10-11H2,1-2H3,(H,19,21). The van der Waals surface area contributed by atoms with Crippen LogP contribution < -0.4 is 14.8 Å². The Morgan fingerprint density at radius 3 is 2.46 bits per heavy atom. The third kappa shape index (κ3) is 3.25. The molecular formula is C18H20N2O5S. The minimum Gasteiger partial charge on any atom is -0.497 e. The lowest BCUT2D eigenvalue weighted by atomic mass is 10.1. The van der Waals surface area contributed by atoms with Crippen molar-refractivity contribution in [3.05, 3.63) is 54.1 Å². The van der Waals surface area contributed by atoms with E-state index >= 15 is 0 Å². The topological polar surface area (TPSA) is 84.9 Å². The molecule has 1 heterocycles. The average molecular weight is 376 g/mol. The zero-order valence-electron chi connectivity index (χ0n) is 14.5. The maximum absolute atomic E-state index is 13.4. The van der Waals surface area contributed by atoms with Crippen molar-refractivity contribution < 1.29 is 22.7 Å². The molecule has 2 aromatic rings. The van der Waals surface area contributed by atoms with E-state index in [9.17, 15) is 13.2 Å². The second-order valence-electron chi connectivity index (χ2n) is 5.74. The van der Waals surface area contributed by atoms with E-state index in [1.54, 1.807) is 30.3 Å². The number of nitrogens with zero attached hydrogens (tertiary/aromatic N) is 1. The number of hydrogen-bond donors (Lipinski definition) is 1. The number of carbonyl (C=O) groups excluding carboxylic acids is 1. The lowest BCUT2D eigenvalue weighted by Crippen LogP contribution is -2.52. The van der Waals surface area contributed by atoms with Crippen molar-refractivity contribution in [2.75, 3.05) is 27.3 Å². The molecule has 0 saturated carbocycles. The quantitative estimate of drug-likeness (QED) is 0.856. The van der Waals surface area contributed by atoms with E-state index in [0.717, 1.165) is 0 Å². The number of amides is 1. The van der Waals surface area contributed by atoms with Gasteiger partial charge in [0.1, 0.15) is 22.4 Å². The highest BCUT2D eigenvalue weighted by atomic mass is 32.2. The summed E-state index contributed by atoms with van der Waals surface area (Å²) in [5.41, 5.74) is 0.607. The van der Waals surface area contributed by atoms with Crippen molar-refractivity contribution in [2.45, 2.75) is 10.9 Å². The number of methoxy groups -OCH3 is 2. The molecule has 2 aromatic carbocycles. The Morgan fingerprint density at radius 1 is 1.08 bits per heavy atom. The van der Waals surface area contributed by atoms with Crippen molar-refractivity contribution in [1.82, 2.24) is 9.62 Å². The largest absolute Gasteiger partial charge is 0.497 e. The van der Waals surface area contributed by atoms with Gasteiger partial charge in [-0.1, -0.05) is 30.3 Å². The molecule has 0 bridgehead atoms. The molecule has 1 N–H and O–H groups in total. The molecule has 1 atom stereocenters. The number of hydrogen-bond acceptors (Lipinski definition) is 5. The van der Waals surface area contributed by atoms with Crippen LogP contribution in [0.15, 0.2) is 53.4 Å². The van der Waals surface area contributed by atoms with Crippen LogP contribution in [0, 0.1) is 0 Å². The highest BCUT2D eigenvalue weighted by Crippen LogP contribution is 2.35. The Morgan fingerprint density at radius 2 is 1.81 bits per heavy atom. The predicted molar refractivity (Wildman–Crippen MR) is 95.6 cm³/mol. The lowest BCUT2D eigenvalue weighted by Gasteiger charge is -2.34. The Labute approximate surface area is 152 Å². The van der Waals surface area contributed by atoms with Gasteiger partial charge in [0.2, 0.25) is 15.9 Å². The van der Waals surface area contributed by atoms with Crippen LogP contribution in [0.2, 0.25) is 0 Å². The summed E-state index contributed by atoms with van der Waals surface area (Å²) in [4.78, 5) is 12.5. The summed E-state index contributed by atoms with van der Waals surface area (Å²) in [5, 5.41) is 2.73. The molecule has 0 radical (unpaired) electrons. The molecule has 138 valence electrons. The van der Waals surface area contributed by atoms with Crippen LogP contribution in [0.25, 0.3) is 0 Å². The van der Waals surface area contributed by atoms with E-state index in [4.69, 9.17) is 9.47 Å². The molecule has 1 aliphatic heterocycles. The molecule has 26 heavy (non-hydrogen) atoms. The van der Waals surface area contributed by atoms with Crippen LogP contribution in [0.3, 0.4) is 0 Å². The third-order valence-corrected chi connectivity index (χ3v) is 6.13. The molecule has 1 saturated heterocycles. The second-order valence-corrected chi connectivity index (χ2v) is 7.60. The Balaban J connectivity index is 2.11. The predicted octanol–water partition coefficient (Wildman–Crippen LogP) is 1.57. The first-order chi connectivity index (χ1) is 12.5. The van der Waals surface area contributed by atoms with Crippen LogP contribution in [-0.2, 0) is 14.8 Å². The number of benzene rings is 2. The molecule has 0 spiro atoms. The molecule has 1 unspecified atom stereocenters. The van der Waals surface area contributed by atoms with Crippen LogP contribution >= 0.6 is 0 Å². The van der Waals surface area contributed by atoms with Gasteiger partial charge in [-0.3, -0.25) is 4.79 Å². The van der Waals surface area contributed by atoms with E-state index in [-0.39, 0.29) is 29.6 Å². The summed E-state index contributed by atoms with van der Waals surface area (Å²) in [7, 11) is -1.14. The number of rotatable bonds is 5. The zero-order chi connectivity index (χ0) is 18.7. The highest BCUT2D eigenvalue weighted by Gasteiger charge is 2.40. The monoisotopic (exact) mass is 376 g/mol. The van der Waals surface area contributed by atoms with Gasteiger partial charge in [0.15, 0.2) is 0 Å². The maximum atomic E-state index is 13.4. The Kier molecular flexibility index (Phi) is 5.15. The molecule has 3 rings (SSSR count). The number of carbonyl (C=O) groups is 1. The third-order valence-electron chi connectivity index (χ3n) is 4.24. The van der Waals surface area contributed by atoms with E-state index in [0.29, 0.717) is 11.3 Å². The van der Waals surface area contributed by atoms with E-state index < -0.39 is 16.1 Å². The van der Waals surface area contributed by atoms with Crippen LogP contribution in [0.5, 0.6) is 11.5 Å². The van der Waals surface area contributed by atoms with Gasteiger partial charge in [-0.2, -0.15) is 4.31 Å². The summed E-state index contributed by atoms with van der Waals surface area (Å²) in [6.07, 6.45) is 0. The fraction of sp³-hybridized carbons (Fsp3) is 0.278. The van der Waals surface area contributed by atoms with Gasteiger partial charge >= 0.3 is 0 Å². The van der Waals surface area contributed by atoms with Gasteiger partial charge in [-0.05, 0) is 17.7 Å². The van der Waals surface area contributed by atoms with Crippen LogP contribution in [0.4, 0.5) is 0 Å². The Hall–Kier alpha value is -2.58. The molecule has 1 amide bonds. The smallest absolute Gasteiger partial charge is 0.248 e.